The van der Waals surface area contributed by atoms with E-state index in [4.69, 9.17) is 14.2 Å². The third kappa shape index (κ3) is 8.01. The minimum absolute atomic E-state index is 0.0108. The number of non-ortho nitro benzene ring substituents is 1. The van der Waals surface area contributed by atoms with E-state index in [1.807, 2.05) is 0 Å². The van der Waals surface area contributed by atoms with Crippen LogP contribution in [0.25, 0.3) is 0 Å². The lowest BCUT2D eigenvalue weighted by atomic mass is 10.2. The van der Waals surface area contributed by atoms with Gasteiger partial charge >= 0.3 is 5.97 Å². The van der Waals surface area contributed by atoms with Gasteiger partial charge < -0.3 is 14.2 Å². The fraction of sp³-hybridized carbons (Fsp3) is 0.250. The van der Waals surface area contributed by atoms with Crippen LogP contribution in [0, 0.1) is 10.1 Å². The monoisotopic (exact) mass is 431 g/mol. The van der Waals surface area contributed by atoms with E-state index in [2.05, 4.69) is 10.9 Å². The van der Waals surface area contributed by atoms with Crippen molar-refractivity contribution in [2.45, 2.75) is 12.8 Å². The van der Waals surface area contributed by atoms with E-state index in [9.17, 15) is 24.5 Å². The van der Waals surface area contributed by atoms with Crippen molar-refractivity contribution in [2.24, 2.45) is 0 Å². The molecular formula is C20H21N3O8. The lowest BCUT2D eigenvalue weighted by Gasteiger charge is -2.09. The molecule has 11 nitrogen and oxygen atoms in total. The number of amides is 2. The molecule has 0 aromatic heterocycles. The van der Waals surface area contributed by atoms with Gasteiger partial charge in [-0.15, -0.1) is 0 Å². The quantitative estimate of drug-likeness (QED) is 0.250. The summed E-state index contributed by atoms with van der Waals surface area (Å²) in [5.41, 5.74) is 3.88. The van der Waals surface area contributed by atoms with Crippen molar-refractivity contribution >= 4 is 23.5 Å². The highest BCUT2D eigenvalue weighted by molar-refractivity contribution is 5.96. The van der Waals surface area contributed by atoms with Gasteiger partial charge in [-0.3, -0.25) is 35.3 Å². The summed E-state index contributed by atoms with van der Waals surface area (Å²) >= 11 is 0. The maximum atomic E-state index is 11.9. The maximum absolute atomic E-state index is 11.9. The first-order chi connectivity index (χ1) is 14.9. The second-order valence-electron chi connectivity index (χ2n) is 6.10. The lowest BCUT2D eigenvalue weighted by molar-refractivity contribution is -0.384. The number of carbonyl (C=O) groups excluding carboxylic acids is 3. The zero-order chi connectivity index (χ0) is 22.6. The Labute approximate surface area is 177 Å². The molecule has 0 spiro atoms. The minimum Gasteiger partial charge on any atom is -0.497 e. The number of nitrogens with one attached hydrogen (secondary N) is 2. The van der Waals surface area contributed by atoms with Crippen LogP contribution in [-0.4, -0.2) is 43.0 Å². The number of esters is 1. The van der Waals surface area contributed by atoms with E-state index in [1.54, 1.807) is 31.4 Å². The van der Waals surface area contributed by atoms with Crippen LogP contribution in [0.2, 0.25) is 0 Å². The number of nitro groups is 1. The third-order valence-electron chi connectivity index (χ3n) is 3.85. The Morgan fingerprint density at radius 1 is 1.03 bits per heavy atom. The molecule has 0 heterocycles. The van der Waals surface area contributed by atoms with E-state index in [1.165, 1.54) is 18.2 Å². The molecule has 2 rings (SSSR count). The molecular weight excluding hydrogens is 410 g/mol. The molecule has 0 aliphatic heterocycles. The Morgan fingerprint density at radius 3 is 2.42 bits per heavy atom. The van der Waals surface area contributed by atoms with E-state index in [0.29, 0.717) is 17.9 Å². The second kappa shape index (κ2) is 11.8. The molecule has 0 aliphatic rings. The number of hydrogen-bond donors (Lipinski definition) is 2. The maximum Gasteiger partial charge on any atom is 0.306 e. The summed E-state index contributed by atoms with van der Waals surface area (Å²) in [6.45, 7) is -0.305. The molecule has 2 amide bonds. The van der Waals surface area contributed by atoms with Crippen LogP contribution in [0.3, 0.4) is 0 Å². The first kappa shape index (κ1) is 23.1. The van der Waals surface area contributed by atoms with Gasteiger partial charge in [-0.05, 0) is 36.8 Å². The van der Waals surface area contributed by atoms with Crippen molar-refractivity contribution in [3.8, 4) is 11.5 Å². The molecule has 0 bridgehead atoms. The van der Waals surface area contributed by atoms with Crippen molar-refractivity contribution in [1.82, 2.24) is 10.9 Å². The first-order valence-corrected chi connectivity index (χ1v) is 9.15. The number of carbonyl (C=O) groups is 3. The topological polar surface area (TPSA) is 146 Å². The van der Waals surface area contributed by atoms with E-state index in [-0.39, 0.29) is 24.3 Å². The zero-order valence-electron chi connectivity index (χ0n) is 16.7. The molecule has 11 heteroatoms. The fourth-order valence-electron chi connectivity index (χ4n) is 2.29. The number of hydrogen-bond acceptors (Lipinski definition) is 8. The predicted molar refractivity (Wildman–Crippen MR) is 107 cm³/mol. The molecule has 2 aromatic carbocycles. The Bertz CT molecular complexity index is 930. The van der Waals surface area contributed by atoms with Crippen molar-refractivity contribution in [2.75, 3.05) is 20.3 Å². The number of methoxy groups -OCH3 is 1. The van der Waals surface area contributed by atoms with Crippen LogP contribution < -0.4 is 20.3 Å². The lowest BCUT2D eigenvalue weighted by Crippen LogP contribution is -2.43. The van der Waals surface area contributed by atoms with Gasteiger partial charge in [0.05, 0.1) is 18.6 Å². The summed E-state index contributed by atoms with van der Waals surface area (Å²) in [4.78, 5) is 45.4. The zero-order valence-corrected chi connectivity index (χ0v) is 16.7. The van der Waals surface area contributed by atoms with Crippen LogP contribution in [0.1, 0.15) is 23.2 Å². The van der Waals surface area contributed by atoms with Crippen LogP contribution in [0.5, 0.6) is 11.5 Å². The summed E-state index contributed by atoms with van der Waals surface area (Å²) < 4.78 is 15.3. The second-order valence-corrected chi connectivity index (χ2v) is 6.10. The Morgan fingerprint density at radius 2 is 1.74 bits per heavy atom. The van der Waals surface area contributed by atoms with Crippen LogP contribution in [0.15, 0.2) is 48.5 Å². The first-order valence-electron chi connectivity index (χ1n) is 9.15. The SMILES string of the molecule is COc1ccc(OCCCC(=O)OCC(=O)NNC(=O)c2cccc([N+](=O)[O-])c2)cc1. The average Bonchev–Trinajstić information content (AvgIpc) is 2.79. The van der Waals surface area contributed by atoms with Crippen molar-refractivity contribution in [3.05, 3.63) is 64.2 Å². The molecule has 0 aliphatic carbocycles. The predicted octanol–water partition coefficient (Wildman–Crippen LogP) is 1.77. The van der Waals surface area contributed by atoms with Gasteiger partial charge in [-0.1, -0.05) is 6.07 Å². The molecule has 0 fully saturated rings. The summed E-state index contributed by atoms with van der Waals surface area (Å²) in [5.74, 6) is -0.775. The Balaban J connectivity index is 1.61. The Hall–Kier alpha value is -4.15. The molecule has 0 radical (unpaired) electrons. The summed E-state index contributed by atoms with van der Waals surface area (Å²) in [6.07, 6.45) is 0.430. The van der Waals surface area contributed by atoms with Crippen LogP contribution >= 0.6 is 0 Å². The van der Waals surface area contributed by atoms with E-state index in [0.717, 1.165) is 6.07 Å². The number of nitro benzene ring substituents is 1. The van der Waals surface area contributed by atoms with Crippen LogP contribution in [0.4, 0.5) is 5.69 Å². The smallest absolute Gasteiger partial charge is 0.306 e. The van der Waals surface area contributed by atoms with Crippen molar-refractivity contribution in [3.63, 3.8) is 0 Å². The summed E-state index contributed by atoms with van der Waals surface area (Å²) in [6, 6.07) is 12.0. The van der Waals surface area contributed by atoms with Crippen LogP contribution in [-0.2, 0) is 14.3 Å². The fourth-order valence-corrected chi connectivity index (χ4v) is 2.29. The molecule has 0 saturated heterocycles. The van der Waals surface area contributed by atoms with Crippen molar-refractivity contribution in [1.29, 1.82) is 0 Å². The molecule has 0 saturated carbocycles. The van der Waals surface area contributed by atoms with Gasteiger partial charge in [0, 0.05) is 24.1 Å². The molecule has 0 unspecified atom stereocenters. The average molecular weight is 431 g/mol. The highest BCUT2D eigenvalue weighted by Crippen LogP contribution is 2.17. The van der Waals surface area contributed by atoms with Gasteiger partial charge in [-0.25, -0.2) is 0 Å². The standard InChI is InChI=1S/C20H21N3O8/c1-29-16-7-9-17(10-8-16)30-11-3-6-19(25)31-13-18(24)21-22-20(26)14-4-2-5-15(12-14)23(27)28/h2,4-5,7-10,12H,3,6,11,13H2,1H3,(H,21,24)(H,22,26). The molecule has 2 aromatic rings. The number of nitrogens with zero attached hydrogens (tertiary/aromatic N) is 1. The third-order valence-corrected chi connectivity index (χ3v) is 3.85. The minimum atomic E-state index is -0.762. The van der Waals surface area contributed by atoms with Gasteiger partial charge in [0.15, 0.2) is 6.61 Å². The number of rotatable bonds is 10. The number of ether oxygens (including phenoxy) is 3. The Kier molecular flexibility index (Phi) is 8.77. The van der Waals surface area contributed by atoms with Gasteiger partial charge in [-0.2, -0.15) is 0 Å². The number of hydrazine groups is 1. The number of benzene rings is 2. The van der Waals surface area contributed by atoms with Gasteiger partial charge in [0.2, 0.25) is 0 Å². The van der Waals surface area contributed by atoms with E-state index < -0.39 is 29.3 Å². The normalized spacial score (nSPS) is 9.97. The van der Waals surface area contributed by atoms with Gasteiger partial charge in [0.25, 0.3) is 17.5 Å². The summed E-state index contributed by atoms with van der Waals surface area (Å²) in [7, 11) is 1.56. The molecule has 0 atom stereocenters. The van der Waals surface area contributed by atoms with E-state index >= 15 is 0 Å². The molecule has 164 valence electrons. The largest absolute Gasteiger partial charge is 0.497 e. The molecule has 2 N–H and O–H groups in total. The molecule has 31 heavy (non-hydrogen) atoms. The summed E-state index contributed by atoms with van der Waals surface area (Å²) in [5, 5.41) is 10.7. The van der Waals surface area contributed by atoms with Gasteiger partial charge in [0.1, 0.15) is 11.5 Å². The highest BCUT2D eigenvalue weighted by Gasteiger charge is 2.13. The van der Waals surface area contributed by atoms with Crippen molar-refractivity contribution < 1.29 is 33.5 Å². The highest BCUT2D eigenvalue weighted by atomic mass is 16.6.